The minimum Gasteiger partial charge on any atom is -0.351 e. The number of aromatic amines is 1. The first kappa shape index (κ1) is 16.9. The lowest BCUT2D eigenvalue weighted by Crippen LogP contribution is -2.15. The van der Waals surface area contributed by atoms with Gasteiger partial charge < -0.3 is 10.3 Å². The molecule has 1 amide bonds. The van der Waals surface area contributed by atoms with E-state index in [0.29, 0.717) is 5.69 Å². The number of rotatable bonds is 2. The number of anilines is 1. The summed E-state index contributed by atoms with van der Waals surface area (Å²) in [4.78, 5) is 28.2. The van der Waals surface area contributed by atoms with Crippen LogP contribution in [0.1, 0.15) is 15.9 Å². The predicted octanol–water partition coefficient (Wildman–Crippen LogP) is 4.52. The summed E-state index contributed by atoms with van der Waals surface area (Å²) >= 11 is 0. The fourth-order valence-electron chi connectivity index (χ4n) is 3.05. The largest absolute Gasteiger partial charge is 0.351 e. The molecule has 0 bridgehead atoms. The molecule has 0 saturated heterocycles. The lowest BCUT2D eigenvalue weighted by molar-refractivity contribution is 0.102. The molecule has 0 radical (unpaired) electrons. The Morgan fingerprint density at radius 2 is 1.70 bits per heavy atom. The molecule has 27 heavy (non-hydrogen) atoms. The second-order valence-corrected chi connectivity index (χ2v) is 6.31. The van der Waals surface area contributed by atoms with Crippen molar-refractivity contribution in [2.24, 2.45) is 0 Å². The highest BCUT2D eigenvalue weighted by molar-refractivity contribution is 6.13. The molecule has 2 N–H and O–H groups in total. The number of aryl methyl sites for hydroxylation is 1. The maximum atomic E-state index is 14.1. The van der Waals surface area contributed by atoms with E-state index < -0.39 is 23.0 Å². The van der Waals surface area contributed by atoms with Gasteiger partial charge in [-0.2, -0.15) is 0 Å². The van der Waals surface area contributed by atoms with Crippen molar-refractivity contribution in [3.63, 3.8) is 0 Å². The molecule has 0 aliphatic carbocycles. The topological polar surface area (TPSA) is 62.0 Å². The second-order valence-electron chi connectivity index (χ2n) is 6.31. The Morgan fingerprint density at radius 3 is 2.44 bits per heavy atom. The van der Waals surface area contributed by atoms with Crippen LogP contribution in [0.15, 0.2) is 59.4 Å². The van der Waals surface area contributed by atoms with Crippen LogP contribution in [0.3, 0.4) is 0 Å². The number of amides is 1. The highest BCUT2D eigenvalue weighted by Crippen LogP contribution is 2.22. The molecule has 6 heteroatoms. The average Bonchev–Trinajstić information content (AvgIpc) is 2.65. The number of nitrogens with one attached hydrogen (secondary N) is 2. The average molecular weight is 364 g/mol. The third-order valence-electron chi connectivity index (χ3n) is 4.41. The van der Waals surface area contributed by atoms with Crippen LogP contribution in [0.5, 0.6) is 0 Å². The van der Waals surface area contributed by atoms with Crippen LogP contribution in [-0.2, 0) is 0 Å². The number of halogens is 2. The number of H-pyrrole nitrogens is 1. The number of aromatic nitrogens is 1. The van der Waals surface area contributed by atoms with E-state index in [1.165, 1.54) is 18.2 Å². The van der Waals surface area contributed by atoms with Gasteiger partial charge in [0.1, 0.15) is 11.6 Å². The zero-order valence-electron chi connectivity index (χ0n) is 14.3. The lowest BCUT2D eigenvalue weighted by Gasteiger charge is -2.10. The van der Waals surface area contributed by atoms with E-state index in [1.54, 1.807) is 12.1 Å². The fraction of sp³-hybridized carbons (Fsp3) is 0.0476. The van der Waals surface area contributed by atoms with E-state index in [-0.39, 0.29) is 27.4 Å². The number of carbonyl (C=O) groups is 1. The highest BCUT2D eigenvalue weighted by atomic mass is 19.1. The van der Waals surface area contributed by atoms with Gasteiger partial charge in [0.05, 0.1) is 16.6 Å². The van der Waals surface area contributed by atoms with Gasteiger partial charge >= 0.3 is 0 Å². The first-order valence-corrected chi connectivity index (χ1v) is 8.26. The first-order chi connectivity index (χ1) is 12.9. The Hall–Kier alpha value is -3.54. The van der Waals surface area contributed by atoms with E-state index in [9.17, 15) is 18.4 Å². The monoisotopic (exact) mass is 364 g/mol. The van der Waals surface area contributed by atoms with E-state index in [0.717, 1.165) is 17.7 Å². The third-order valence-corrected chi connectivity index (χ3v) is 4.41. The Morgan fingerprint density at radius 1 is 0.963 bits per heavy atom. The van der Waals surface area contributed by atoms with Gasteiger partial charge in [-0.1, -0.05) is 23.8 Å². The molecule has 4 rings (SSSR count). The minimum absolute atomic E-state index is 0.0119. The summed E-state index contributed by atoms with van der Waals surface area (Å²) in [6, 6.07) is 13.2. The van der Waals surface area contributed by atoms with Gasteiger partial charge in [-0.05, 0) is 43.3 Å². The van der Waals surface area contributed by atoms with Crippen LogP contribution in [0, 0.1) is 18.6 Å². The molecule has 0 aliphatic heterocycles. The molecule has 4 nitrogen and oxygen atoms in total. The summed E-state index contributed by atoms with van der Waals surface area (Å²) in [5, 5.41) is 2.75. The molecule has 0 fully saturated rings. The molecule has 0 unspecified atom stereocenters. The maximum Gasteiger partial charge on any atom is 0.257 e. The maximum absolute atomic E-state index is 14.1. The van der Waals surface area contributed by atoms with Crippen LogP contribution in [0.2, 0.25) is 0 Å². The van der Waals surface area contributed by atoms with Crippen molar-refractivity contribution in [1.29, 1.82) is 0 Å². The van der Waals surface area contributed by atoms with Crippen molar-refractivity contribution >= 4 is 33.4 Å². The molecular formula is C21H14F2N2O2. The number of para-hydroxylation sites is 1. The number of pyridine rings is 1. The van der Waals surface area contributed by atoms with E-state index in [4.69, 9.17) is 0 Å². The Kier molecular flexibility index (Phi) is 3.96. The van der Waals surface area contributed by atoms with Crippen molar-refractivity contribution in [2.45, 2.75) is 6.92 Å². The molecule has 1 aromatic heterocycles. The van der Waals surface area contributed by atoms with Crippen LogP contribution in [0.25, 0.3) is 21.8 Å². The van der Waals surface area contributed by atoms with Crippen molar-refractivity contribution in [3.8, 4) is 0 Å². The third kappa shape index (κ3) is 2.95. The van der Waals surface area contributed by atoms with Crippen LogP contribution in [-0.4, -0.2) is 10.9 Å². The number of fused-ring (bicyclic) bond motifs is 2. The molecule has 134 valence electrons. The number of benzene rings is 3. The van der Waals surface area contributed by atoms with Gasteiger partial charge in [0.15, 0.2) is 5.43 Å². The van der Waals surface area contributed by atoms with Crippen molar-refractivity contribution in [3.05, 3.63) is 87.6 Å². The van der Waals surface area contributed by atoms with Gasteiger partial charge in [-0.15, -0.1) is 0 Å². The number of hydrogen-bond donors (Lipinski definition) is 2. The number of hydrogen-bond acceptors (Lipinski definition) is 2. The minimum atomic E-state index is -0.724. The quantitative estimate of drug-likeness (QED) is 0.514. The molecule has 0 saturated carbocycles. The van der Waals surface area contributed by atoms with E-state index >= 15 is 0 Å². The highest BCUT2D eigenvalue weighted by Gasteiger charge is 2.17. The smallest absolute Gasteiger partial charge is 0.257 e. The Bertz CT molecular complexity index is 1260. The Balaban J connectivity index is 1.93. The zero-order valence-corrected chi connectivity index (χ0v) is 14.3. The van der Waals surface area contributed by atoms with Crippen molar-refractivity contribution in [1.82, 2.24) is 4.98 Å². The lowest BCUT2D eigenvalue weighted by atomic mass is 10.0. The summed E-state index contributed by atoms with van der Waals surface area (Å²) in [6.45, 7) is 1.91. The molecule has 4 aromatic rings. The summed E-state index contributed by atoms with van der Waals surface area (Å²) in [5.74, 6) is -1.95. The van der Waals surface area contributed by atoms with Gasteiger partial charge in [0.25, 0.3) is 5.91 Å². The van der Waals surface area contributed by atoms with E-state index in [2.05, 4.69) is 10.3 Å². The van der Waals surface area contributed by atoms with Crippen LogP contribution in [0.4, 0.5) is 14.5 Å². The van der Waals surface area contributed by atoms with Gasteiger partial charge in [-0.3, -0.25) is 9.59 Å². The van der Waals surface area contributed by atoms with Gasteiger partial charge in [0, 0.05) is 16.5 Å². The molecule has 3 aromatic carbocycles. The fourth-order valence-corrected chi connectivity index (χ4v) is 3.05. The van der Waals surface area contributed by atoms with Gasteiger partial charge in [-0.25, -0.2) is 8.78 Å². The van der Waals surface area contributed by atoms with Crippen molar-refractivity contribution in [2.75, 3.05) is 5.32 Å². The SMILES string of the molecule is Cc1ccc(NC(=O)c2cc(F)cc3c(=O)c4cccc(F)c4[nH]c23)cc1. The van der Waals surface area contributed by atoms with E-state index in [1.807, 2.05) is 19.1 Å². The standard InChI is InChI=1S/C21H14F2N2O2/c1-11-5-7-13(8-6-11)24-21(27)16-10-12(22)9-15-18(16)25-19-14(20(15)26)3-2-4-17(19)23/h2-10H,1H3,(H,24,27)(H,25,26). The molecule has 0 atom stereocenters. The van der Waals surface area contributed by atoms with Crippen LogP contribution < -0.4 is 10.7 Å². The Labute approximate surface area is 152 Å². The molecule has 0 spiro atoms. The first-order valence-electron chi connectivity index (χ1n) is 8.26. The summed E-state index contributed by atoms with van der Waals surface area (Å²) in [6.07, 6.45) is 0. The predicted molar refractivity (Wildman–Crippen MR) is 101 cm³/mol. The second kappa shape index (κ2) is 6.32. The van der Waals surface area contributed by atoms with Crippen LogP contribution >= 0.6 is 0 Å². The summed E-state index contributed by atoms with van der Waals surface area (Å²) in [5.41, 5.74) is 0.998. The van der Waals surface area contributed by atoms with Gasteiger partial charge in [0.2, 0.25) is 0 Å². The zero-order chi connectivity index (χ0) is 19.1. The summed E-state index contributed by atoms with van der Waals surface area (Å²) in [7, 11) is 0. The normalized spacial score (nSPS) is 11.1. The number of carbonyl (C=O) groups excluding carboxylic acids is 1. The van der Waals surface area contributed by atoms with Crippen molar-refractivity contribution < 1.29 is 13.6 Å². The molecule has 1 heterocycles. The summed E-state index contributed by atoms with van der Waals surface area (Å²) < 4.78 is 28.2. The molecular weight excluding hydrogens is 350 g/mol. The molecule has 0 aliphatic rings.